The maximum atomic E-state index is 6.13. The Labute approximate surface area is 107 Å². The molecular weight excluding hydrogens is 248 g/mol. The second-order valence-electron chi connectivity index (χ2n) is 6.58. The highest BCUT2D eigenvalue weighted by Gasteiger charge is 2.37. The normalized spacial score (nSPS) is 26.4. The predicted octanol–water partition coefficient (Wildman–Crippen LogP) is 3.71. The summed E-state index contributed by atoms with van der Waals surface area (Å²) in [5.41, 5.74) is 0. The number of hydrogen-bond donors (Lipinski definition) is 0. The Kier molecular flexibility index (Phi) is 4.16. The van der Waals surface area contributed by atoms with Crippen molar-refractivity contribution in [3.05, 3.63) is 11.5 Å². The lowest BCUT2D eigenvalue weighted by Gasteiger charge is -2.26. The third kappa shape index (κ3) is 4.48. The molecule has 0 aliphatic carbocycles. The zero-order valence-corrected chi connectivity index (χ0v) is 14.4. The average Bonchev–Trinajstić information content (AvgIpc) is 2.27. The molecule has 0 aromatic carbocycles. The summed E-state index contributed by atoms with van der Waals surface area (Å²) >= 11 is 0. The van der Waals surface area contributed by atoms with Crippen LogP contribution in [0.15, 0.2) is 11.5 Å². The van der Waals surface area contributed by atoms with Crippen LogP contribution in [0, 0.1) is 0 Å². The van der Waals surface area contributed by atoms with Gasteiger partial charge in [-0.05, 0) is 53.1 Å². The molecule has 0 aromatic heterocycles. The number of ether oxygens (including phenoxy) is 1. The van der Waals surface area contributed by atoms with Crippen molar-refractivity contribution in [2.75, 3.05) is 0 Å². The van der Waals surface area contributed by atoms with Gasteiger partial charge in [-0.15, -0.1) is 0 Å². The van der Waals surface area contributed by atoms with Gasteiger partial charge >= 0.3 is 0 Å². The highest BCUT2D eigenvalue weighted by Crippen LogP contribution is 2.32. The van der Waals surface area contributed by atoms with E-state index in [9.17, 15) is 0 Å². The first kappa shape index (κ1) is 14.8. The molecule has 2 unspecified atom stereocenters. The summed E-state index contributed by atoms with van der Waals surface area (Å²) < 4.78 is 18.1. The van der Waals surface area contributed by atoms with Crippen molar-refractivity contribution in [3.63, 3.8) is 0 Å². The predicted molar refractivity (Wildman–Crippen MR) is 75.9 cm³/mol. The van der Waals surface area contributed by atoms with Gasteiger partial charge in [0.05, 0.1) is 0 Å². The average molecular weight is 275 g/mol. The molecule has 2 atom stereocenters. The Bertz CT molecular complexity index is 283. The fourth-order valence-electron chi connectivity index (χ4n) is 1.76. The lowest BCUT2D eigenvalue weighted by molar-refractivity contribution is 0.0512. The summed E-state index contributed by atoms with van der Waals surface area (Å²) in [7, 11) is -3.23. The van der Waals surface area contributed by atoms with Crippen molar-refractivity contribution in [1.29, 1.82) is 0 Å². The summed E-state index contributed by atoms with van der Waals surface area (Å²) in [5.74, 6) is 1.86. The summed E-state index contributed by atoms with van der Waals surface area (Å²) in [5, 5.41) is 0. The van der Waals surface area contributed by atoms with Crippen molar-refractivity contribution in [2.45, 2.75) is 65.3 Å². The summed E-state index contributed by atoms with van der Waals surface area (Å²) in [4.78, 5) is 0. The lowest BCUT2D eigenvalue weighted by Crippen LogP contribution is -2.30. The van der Waals surface area contributed by atoms with Crippen LogP contribution in [-0.4, -0.2) is 28.8 Å². The Morgan fingerprint density at radius 3 is 1.29 bits per heavy atom. The molecule has 3 nitrogen and oxygen atoms in total. The molecule has 0 N–H and O–H groups in total. The smallest absolute Gasteiger partial charge is 0.242 e. The minimum atomic E-state index is -1.61. The van der Waals surface area contributed by atoms with Gasteiger partial charge in [0, 0.05) is 0 Å². The first-order valence-electron chi connectivity index (χ1n) is 6.27. The third-order valence-electron chi connectivity index (χ3n) is 2.22. The van der Waals surface area contributed by atoms with E-state index in [4.69, 9.17) is 13.6 Å². The topological polar surface area (TPSA) is 27.7 Å². The van der Waals surface area contributed by atoms with Crippen LogP contribution < -0.4 is 0 Å². The van der Waals surface area contributed by atoms with E-state index in [2.05, 4.69) is 39.3 Å². The number of hydrogen-bond acceptors (Lipinski definition) is 3. The molecule has 0 radical (unpaired) electrons. The first-order valence-corrected chi connectivity index (χ1v) is 13.1. The Hall–Kier alpha value is -0.266. The molecule has 100 valence electrons. The SMILES string of the molecule is CC1OC(C)C(O[Si](C)(C)C)=C1O[Si](C)(C)C. The van der Waals surface area contributed by atoms with E-state index >= 15 is 0 Å². The highest BCUT2D eigenvalue weighted by atomic mass is 28.4. The third-order valence-corrected chi connectivity index (χ3v) is 3.89. The molecule has 5 heteroatoms. The van der Waals surface area contributed by atoms with Crippen LogP contribution >= 0.6 is 0 Å². The standard InChI is InChI=1S/C12H26O3Si2/c1-9-11(14-16(3,4)5)12(10(2)13-9)15-17(6,7)8/h9-10H,1-8H3. The molecule has 17 heavy (non-hydrogen) atoms. The van der Waals surface area contributed by atoms with Crippen molar-refractivity contribution < 1.29 is 13.6 Å². The largest absolute Gasteiger partial charge is 0.543 e. The van der Waals surface area contributed by atoms with Gasteiger partial charge in [0.1, 0.15) is 23.7 Å². The maximum Gasteiger partial charge on any atom is 0.242 e. The second kappa shape index (κ2) is 4.78. The fraction of sp³-hybridized carbons (Fsp3) is 0.833. The fourth-order valence-corrected chi connectivity index (χ4v) is 3.61. The van der Waals surface area contributed by atoms with Gasteiger partial charge in [-0.1, -0.05) is 0 Å². The molecular formula is C12H26O3Si2. The molecule has 0 saturated heterocycles. The molecule has 0 bridgehead atoms. The minimum Gasteiger partial charge on any atom is -0.543 e. The monoisotopic (exact) mass is 274 g/mol. The van der Waals surface area contributed by atoms with Gasteiger partial charge in [-0.3, -0.25) is 0 Å². The van der Waals surface area contributed by atoms with Crippen LogP contribution in [0.1, 0.15) is 13.8 Å². The first-order chi connectivity index (χ1) is 7.49. The van der Waals surface area contributed by atoms with Gasteiger partial charge in [0.25, 0.3) is 0 Å². The Morgan fingerprint density at radius 1 is 0.765 bits per heavy atom. The van der Waals surface area contributed by atoms with E-state index < -0.39 is 16.6 Å². The summed E-state index contributed by atoms with van der Waals surface area (Å²) in [6, 6.07) is 0. The Morgan fingerprint density at radius 2 is 1.06 bits per heavy atom. The van der Waals surface area contributed by atoms with E-state index in [-0.39, 0.29) is 12.2 Å². The lowest BCUT2D eigenvalue weighted by atomic mass is 10.3. The molecule has 1 heterocycles. The van der Waals surface area contributed by atoms with Crippen LogP contribution in [0.5, 0.6) is 0 Å². The van der Waals surface area contributed by atoms with Gasteiger partial charge in [0.2, 0.25) is 16.6 Å². The molecule has 1 aliphatic heterocycles. The maximum absolute atomic E-state index is 6.13. The van der Waals surface area contributed by atoms with Crippen molar-refractivity contribution >= 4 is 16.6 Å². The van der Waals surface area contributed by atoms with Crippen LogP contribution in [-0.2, 0) is 13.6 Å². The molecule has 1 rings (SSSR count). The van der Waals surface area contributed by atoms with Crippen molar-refractivity contribution in [2.24, 2.45) is 0 Å². The molecule has 0 aromatic rings. The van der Waals surface area contributed by atoms with Gasteiger partial charge < -0.3 is 13.6 Å². The number of rotatable bonds is 4. The van der Waals surface area contributed by atoms with Crippen LogP contribution in [0.25, 0.3) is 0 Å². The van der Waals surface area contributed by atoms with E-state index in [1.165, 1.54) is 0 Å². The van der Waals surface area contributed by atoms with Gasteiger partial charge in [-0.2, -0.15) is 0 Å². The molecule has 0 amide bonds. The van der Waals surface area contributed by atoms with Crippen molar-refractivity contribution in [3.8, 4) is 0 Å². The van der Waals surface area contributed by atoms with E-state index in [0.29, 0.717) is 0 Å². The molecule has 0 spiro atoms. The van der Waals surface area contributed by atoms with Crippen LogP contribution in [0.4, 0.5) is 0 Å². The summed E-state index contributed by atoms with van der Waals surface area (Å²) in [6.07, 6.45) is 0.0335. The zero-order chi connectivity index (χ0) is 13.4. The van der Waals surface area contributed by atoms with Crippen molar-refractivity contribution in [1.82, 2.24) is 0 Å². The van der Waals surface area contributed by atoms with Crippen LogP contribution in [0.2, 0.25) is 39.3 Å². The van der Waals surface area contributed by atoms with E-state index in [1.807, 2.05) is 13.8 Å². The van der Waals surface area contributed by atoms with E-state index in [1.54, 1.807) is 0 Å². The minimum absolute atomic E-state index is 0.0167. The summed E-state index contributed by atoms with van der Waals surface area (Å²) in [6.45, 7) is 17.2. The van der Waals surface area contributed by atoms with Gasteiger partial charge in [0.15, 0.2) is 0 Å². The second-order valence-corrected chi connectivity index (χ2v) is 15.4. The van der Waals surface area contributed by atoms with Gasteiger partial charge in [-0.25, -0.2) is 0 Å². The molecule has 0 fully saturated rings. The molecule has 0 saturated carbocycles. The Balaban J connectivity index is 2.97. The highest BCUT2D eigenvalue weighted by molar-refractivity contribution is 6.70. The molecule has 1 aliphatic rings. The quantitative estimate of drug-likeness (QED) is 0.732. The zero-order valence-electron chi connectivity index (χ0n) is 12.4. The van der Waals surface area contributed by atoms with E-state index in [0.717, 1.165) is 11.5 Å². The van der Waals surface area contributed by atoms with Crippen LogP contribution in [0.3, 0.4) is 0 Å².